The molecule has 4 nitrogen and oxygen atoms in total. The Morgan fingerprint density at radius 2 is 2.03 bits per heavy atom. The van der Waals surface area contributed by atoms with E-state index in [1.807, 2.05) is 24.3 Å². The molecule has 1 heterocycles. The molecule has 0 aromatic heterocycles. The summed E-state index contributed by atoms with van der Waals surface area (Å²) in [4.78, 5) is 26.3. The first kappa shape index (κ1) is 21.4. The van der Waals surface area contributed by atoms with Crippen molar-refractivity contribution in [2.75, 3.05) is 16.0 Å². The molecule has 1 atom stereocenters. The van der Waals surface area contributed by atoms with Crippen LogP contribution in [0.1, 0.15) is 55.5 Å². The molecule has 0 aliphatic carbocycles. The number of carbonyl (C=O) groups excluding carboxylic acids is 2. The van der Waals surface area contributed by atoms with E-state index in [-0.39, 0.29) is 23.0 Å². The highest BCUT2D eigenvalue weighted by molar-refractivity contribution is 8.00. The molecule has 1 N–H and O–H groups in total. The van der Waals surface area contributed by atoms with Crippen molar-refractivity contribution in [3.63, 3.8) is 0 Å². The standard InChI is InChI=1S/C23H27FN2O2S/c1-3-4-5-6-10-21(27)25-18-9-7-8-17(13-18)23-26(22(28)15-29-23)19-12-11-16(2)20(24)14-19/h7-9,11-14,23H,3-6,10,15H2,1-2H3,(H,25,27)/t23-/m1/s1. The number of hydrogen-bond acceptors (Lipinski definition) is 3. The monoisotopic (exact) mass is 414 g/mol. The second kappa shape index (κ2) is 9.92. The van der Waals surface area contributed by atoms with Crippen LogP contribution >= 0.6 is 11.8 Å². The molecule has 2 amide bonds. The highest BCUT2D eigenvalue weighted by atomic mass is 32.2. The van der Waals surface area contributed by atoms with Crippen LogP contribution in [0.25, 0.3) is 0 Å². The number of halogens is 1. The average Bonchev–Trinajstić information content (AvgIpc) is 3.09. The van der Waals surface area contributed by atoms with Gasteiger partial charge >= 0.3 is 0 Å². The Morgan fingerprint density at radius 3 is 2.79 bits per heavy atom. The Bertz CT molecular complexity index is 887. The molecular weight excluding hydrogens is 387 g/mol. The molecule has 1 aliphatic rings. The molecule has 1 saturated heterocycles. The van der Waals surface area contributed by atoms with Gasteiger partial charge in [0.2, 0.25) is 11.8 Å². The number of thioether (sulfide) groups is 1. The van der Waals surface area contributed by atoms with Crippen molar-refractivity contribution in [3.05, 3.63) is 59.4 Å². The van der Waals surface area contributed by atoms with Gasteiger partial charge in [-0.15, -0.1) is 11.8 Å². The van der Waals surface area contributed by atoms with E-state index in [1.54, 1.807) is 24.0 Å². The predicted octanol–water partition coefficient (Wildman–Crippen LogP) is 5.82. The second-order valence-electron chi connectivity index (χ2n) is 7.34. The maximum atomic E-state index is 14.1. The lowest BCUT2D eigenvalue weighted by atomic mass is 10.1. The summed E-state index contributed by atoms with van der Waals surface area (Å²) in [6.45, 7) is 3.84. The van der Waals surface area contributed by atoms with Crippen LogP contribution in [0.2, 0.25) is 0 Å². The molecule has 0 spiro atoms. The largest absolute Gasteiger partial charge is 0.326 e. The van der Waals surface area contributed by atoms with Crippen LogP contribution in [-0.2, 0) is 9.59 Å². The van der Waals surface area contributed by atoms with Crippen molar-refractivity contribution in [1.82, 2.24) is 0 Å². The minimum absolute atomic E-state index is 0.00543. The summed E-state index contributed by atoms with van der Waals surface area (Å²) in [5.41, 5.74) is 2.73. The van der Waals surface area contributed by atoms with Crippen molar-refractivity contribution >= 4 is 35.0 Å². The van der Waals surface area contributed by atoms with Crippen molar-refractivity contribution in [2.24, 2.45) is 0 Å². The summed E-state index contributed by atoms with van der Waals surface area (Å²) >= 11 is 1.50. The Labute approximate surface area is 175 Å². The Morgan fingerprint density at radius 1 is 1.21 bits per heavy atom. The minimum atomic E-state index is -0.324. The molecule has 2 aromatic rings. The van der Waals surface area contributed by atoms with Gasteiger partial charge in [0.05, 0.1) is 5.75 Å². The van der Waals surface area contributed by atoms with E-state index in [4.69, 9.17) is 0 Å². The molecule has 6 heteroatoms. The molecular formula is C23H27FN2O2S. The Hall–Kier alpha value is -2.34. The van der Waals surface area contributed by atoms with Crippen molar-refractivity contribution < 1.29 is 14.0 Å². The SMILES string of the molecule is CCCCCCC(=O)Nc1cccc([C@H]2SCC(=O)N2c2ccc(C)c(F)c2)c1. The van der Waals surface area contributed by atoms with Crippen LogP contribution in [0.15, 0.2) is 42.5 Å². The number of rotatable bonds is 8. The number of aryl methyl sites for hydroxylation is 1. The van der Waals surface area contributed by atoms with E-state index >= 15 is 0 Å². The molecule has 154 valence electrons. The fraction of sp³-hybridized carbons (Fsp3) is 0.391. The summed E-state index contributed by atoms with van der Waals surface area (Å²) in [6, 6.07) is 12.4. The quantitative estimate of drug-likeness (QED) is 0.554. The summed E-state index contributed by atoms with van der Waals surface area (Å²) < 4.78 is 14.1. The van der Waals surface area contributed by atoms with Gasteiger partial charge in [0, 0.05) is 17.8 Å². The first-order valence-electron chi connectivity index (χ1n) is 10.1. The lowest BCUT2D eigenvalue weighted by molar-refractivity contribution is -0.117. The van der Waals surface area contributed by atoms with Crippen LogP contribution in [0.3, 0.4) is 0 Å². The van der Waals surface area contributed by atoms with Gasteiger partial charge in [-0.1, -0.05) is 44.4 Å². The Balaban J connectivity index is 1.74. The molecule has 1 fully saturated rings. The molecule has 1 aliphatic heterocycles. The molecule has 29 heavy (non-hydrogen) atoms. The fourth-order valence-electron chi connectivity index (χ4n) is 3.39. The third-order valence-corrected chi connectivity index (χ3v) is 6.23. The van der Waals surface area contributed by atoms with E-state index in [1.165, 1.54) is 17.8 Å². The third kappa shape index (κ3) is 5.38. The van der Waals surface area contributed by atoms with Crippen molar-refractivity contribution in [2.45, 2.75) is 51.3 Å². The Kier molecular flexibility index (Phi) is 7.31. The number of nitrogens with zero attached hydrogens (tertiary/aromatic N) is 1. The number of amides is 2. The fourth-order valence-corrected chi connectivity index (χ4v) is 4.55. The average molecular weight is 415 g/mol. The van der Waals surface area contributed by atoms with Crippen LogP contribution in [0.5, 0.6) is 0 Å². The van der Waals surface area contributed by atoms with Gasteiger partial charge in [-0.25, -0.2) is 4.39 Å². The molecule has 0 bridgehead atoms. The highest BCUT2D eigenvalue weighted by Crippen LogP contribution is 2.42. The molecule has 2 aromatic carbocycles. The van der Waals surface area contributed by atoms with E-state index in [0.717, 1.165) is 36.9 Å². The van der Waals surface area contributed by atoms with E-state index in [9.17, 15) is 14.0 Å². The minimum Gasteiger partial charge on any atom is -0.326 e. The van der Waals surface area contributed by atoms with Gasteiger partial charge < -0.3 is 5.32 Å². The number of carbonyl (C=O) groups is 2. The van der Waals surface area contributed by atoms with Gasteiger partial charge in [-0.3, -0.25) is 14.5 Å². The lowest BCUT2D eigenvalue weighted by Crippen LogP contribution is -2.28. The summed E-state index contributed by atoms with van der Waals surface area (Å²) in [6.07, 6.45) is 4.75. The van der Waals surface area contributed by atoms with E-state index in [2.05, 4.69) is 12.2 Å². The van der Waals surface area contributed by atoms with Gasteiger partial charge in [-0.05, 0) is 48.7 Å². The maximum Gasteiger partial charge on any atom is 0.238 e. The predicted molar refractivity (Wildman–Crippen MR) is 118 cm³/mol. The van der Waals surface area contributed by atoms with Gasteiger partial charge in [0.1, 0.15) is 11.2 Å². The van der Waals surface area contributed by atoms with Crippen molar-refractivity contribution in [1.29, 1.82) is 0 Å². The number of unbranched alkanes of at least 4 members (excludes halogenated alkanes) is 3. The van der Waals surface area contributed by atoms with Gasteiger partial charge in [-0.2, -0.15) is 0 Å². The molecule has 0 unspecified atom stereocenters. The molecule has 0 saturated carbocycles. The summed E-state index contributed by atoms with van der Waals surface area (Å²) in [7, 11) is 0. The molecule has 0 radical (unpaired) electrons. The number of anilines is 2. The van der Waals surface area contributed by atoms with Gasteiger partial charge in [0.15, 0.2) is 0 Å². The van der Waals surface area contributed by atoms with Crippen LogP contribution in [0.4, 0.5) is 15.8 Å². The van der Waals surface area contributed by atoms with E-state index < -0.39 is 0 Å². The number of hydrogen-bond donors (Lipinski definition) is 1. The second-order valence-corrected chi connectivity index (χ2v) is 8.41. The summed E-state index contributed by atoms with van der Waals surface area (Å²) in [5, 5.41) is 2.71. The third-order valence-electron chi connectivity index (χ3n) is 5.01. The van der Waals surface area contributed by atoms with Crippen LogP contribution in [0, 0.1) is 12.7 Å². The topological polar surface area (TPSA) is 49.4 Å². The smallest absolute Gasteiger partial charge is 0.238 e. The zero-order valence-electron chi connectivity index (χ0n) is 16.9. The summed E-state index contributed by atoms with van der Waals surface area (Å²) in [5.74, 6) is -0.0247. The zero-order valence-corrected chi connectivity index (χ0v) is 17.7. The first-order valence-corrected chi connectivity index (χ1v) is 11.1. The van der Waals surface area contributed by atoms with E-state index in [0.29, 0.717) is 23.4 Å². The van der Waals surface area contributed by atoms with Gasteiger partial charge in [0.25, 0.3) is 0 Å². The number of nitrogens with one attached hydrogen (secondary N) is 1. The molecule has 3 rings (SSSR count). The van der Waals surface area contributed by atoms with Crippen LogP contribution in [-0.4, -0.2) is 17.6 Å². The van der Waals surface area contributed by atoms with Crippen LogP contribution < -0.4 is 10.2 Å². The highest BCUT2D eigenvalue weighted by Gasteiger charge is 2.34. The lowest BCUT2D eigenvalue weighted by Gasteiger charge is -2.25. The number of benzene rings is 2. The first-order chi connectivity index (χ1) is 14.0. The maximum absolute atomic E-state index is 14.1. The normalized spacial score (nSPS) is 16.3. The van der Waals surface area contributed by atoms with Crippen molar-refractivity contribution in [3.8, 4) is 0 Å². The zero-order chi connectivity index (χ0) is 20.8.